The highest BCUT2D eigenvalue weighted by atomic mass is 32.2. The van der Waals surface area contributed by atoms with Gasteiger partial charge in [0.2, 0.25) is 5.91 Å². The Morgan fingerprint density at radius 3 is 2.92 bits per heavy atom. The number of hydrogen-bond donors (Lipinski definition) is 1. The molecule has 0 aromatic carbocycles. The number of nitrogens with one attached hydrogen (secondary N) is 1. The molecule has 0 radical (unpaired) electrons. The number of aryl methyl sites for hydroxylation is 2. The van der Waals surface area contributed by atoms with Crippen LogP contribution in [0.1, 0.15) is 44.5 Å². The Morgan fingerprint density at radius 1 is 1.33 bits per heavy atom. The summed E-state index contributed by atoms with van der Waals surface area (Å²) in [7, 11) is 0. The molecule has 7 heteroatoms. The first-order valence-corrected chi connectivity index (χ1v) is 9.56. The molecule has 1 saturated carbocycles. The largest absolute Gasteiger partial charge is 0.352 e. The molecule has 2 aromatic rings. The van der Waals surface area contributed by atoms with E-state index in [1.807, 2.05) is 24.3 Å². The van der Waals surface area contributed by atoms with Crippen molar-refractivity contribution in [1.29, 1.82) is 0 Å². The van der Waals surface area contributed by atoms with Crippen molar-refractivity contribution in [2.24, 2.45) is 11.8 Å². The molecule has 1 aliphatic carbocycles. The van der Waals surface area contributed by atoms with Crippen LogP contribution in [0.3, 0.4) is 0 Å². The van der Waals surface area contributed by atoms with Gasteiger partial charge in [-0.2, -0.15) is 0 Å². The number of carbonyl (C=O) groups excluding carboxylic acids is 1. The quantitative estimate of drug-likeness (QED) is 0.861. The van der Waals surface area contributed by atoms with Crippen LogP contribution in [-0.4, -0.2) is 37.3 Å². The Morgan fingerprint density at radius 2 is 2.12 bits per heavy atom. The van der Waals surface area contributed by atoms with Crippen LogP contribution < -0.4 is 5.32 Å². The van der Waals surface area contributed by atoms with Crippen LogP contribution in [0.5, 0.6) is 0 Å². The number of amides is 1. The summed E-state index contributed by atoms with van der Waals surface area (Å²) < 4.78 is 1.90. The van der Waals surface area contributed by atoms with E-state index in [1.54, 1.807) is 0 Å². The van der Waals surface area contributed by atoms with Crippen molar-refractivity contribution in [3.05, 3.63) is 17.5 Å². The molecule has 0 spiro atoms. The van der Waals surface area contributed by atoms with Crippen molar-refractivity contribution in [2.75, 3.05) is 5.75 Å². The molecule has 130 valence electrons. The summed E-state index contributed by atoms with van der Waals surface area (Å²) in [6, 6.07) is 2.29. The lowest BCUT2D eigenvalue weighted by Crippen LogP contribution is -2.44. The van der Waals surface area contributed by atoms with Gasteiger partial charge in [0.25, 0.3) is 5.78 Å². The van der Waals surface area contributed by atoms with Crippen molar-refractivity contribution in [1.82, 2.24) is 24.9 Å². The molecule has 1 amide bonds. The van der Waals surface area contributed by atoms with Crippen molar-refractivity contribution in [3.63, 3.8) is 0 Å². The fraction of sp³-hybridized carbons (Fsp3) is 0.647. The van der Waals surface area contributed by atoms with Crippen LogP contribution in [0.4, 0.5) is 0 Å². The summed E-state index contributed by atoms with van der Waals surface area (Å²) in [5.74, 6) is 2.22. The van der Waals surface area contributed by atoms with E-state index in [0.717, 1.165) is 23.0 Å². The highest BCUT2D eigenvalue weighted by Crippen LogP contribution is 2.29. The first kappa shape index (κ1) is 17.2. The van der Waals surface area contributed by atoms with Gasteiger partial charge >= 0.3 is 0 Å². The number of nitrogens with zero attached hydrogens (tertiary/aromatic N) is 4. The van der Waals surface area contributed by atoms with Crippen molar-refractivity contribution in [3.8, 4) is 0 Å². The normalized spacial score (nSPS) is 24.2. The molecular formula is C17H25N5OS. The zero-order chi connectivity index (χ0) is 17.3. The monoisotopic (exact) mass is 347 g/mol. The van der Waals surface area contributed by atoms with E-state index in [9.17, 15) is 4.79 Å². The zero-order valence-corrected chi connectivity index (χ0v) is 15.6. The minimum atomic E-state index is 0.0698. The van der Waals surface area contributed by atoms with Crippen LogP contribution in [0.25, 0.3) is 5.78 Å². The highest BCUT2D eigenvalue weighted by molar-refractivity contribution is 7.99. The highest BCUT2D eigenvalue weighted by Gasteiger charge is 2.28. The summed E-state index contributed by atoms with van der Waals surface area (Å²) in [4.78, 5) is 16.7. The van der Waals surface area contributed by atoms with Gasteiger partial charge < -0.3 is 5.32 Å². The van der Waals surface area contributed by atoms with Gasteiger partial charge in [0.15, 0.2) is 5.16 Å². The van der Waals surface area contributed by atoms with E-state index in [2.05, 4.69) is 34.3 Å². The summed E-state index contributed by atoms with van der Waals surface area (Å²) in [6.07, 6.45) is 3.54. The molecule has 6 nitrogen and oxygen atoms in total. The molecule has 1 fully saturated rings. The Hall–Kier alpha value is -1.63. The van der Waals surface area contributed by atoms with Crippen molar-refractivity contribution in [2.45, 2.75) is 58.2 Å². The minimum Gasteiger partial charge on any atom is -0.352 e. The molecule has 0 saturated heterocycles. The van der Waals surface area contributed by atoms with Crippen molar-refractivity contribution >= 4 is 23.4 Å². The lowest BCUT2D eigenvalue weighted by molar-refractivity contribution is -0.120. The predicted octanol–water partition coefficient (Wildman–Crippen LogP) is 2.77. The number of hydrogen-bond acceptors (Lipinski definition) is 5. The lowest BCUT2D eigenvalue weighted by Gasteiger charge is -2.34. The first-order valence-electron chi connectivity index (χ1n) is 8.57. The van der Waals surface area contributed by atoms with Crippen LogP contribution >= 0.6 is 11.8 Å². The van der Waals surface area contributed by atoms with Gasteiger partial charge in [0, 0.05) is 17.4 Å². The van der Waals surface area contributed by atoms with Gasteiger partial charge in [-0.05, 0) is 38.2 Å². The summed E-state index contributed by atoms with van der Waals surface area (Å²) in [5.41, 5.74) is 1.95. The predicted molar refractivity (Wildman–Crippen MR) is 95.1 cm³/mol. The van der Waals surface area contributed by atoms with Gasteiger partial charge in [-0.1, -0.05) is 38.5 Å². The molecule has 0 aliphatic heterocycles. The average Bonchev–Trinajstić information content (AvgIpc) is 2.93. The van der Waals surface area contributed by atoms with Crippen molar-refractivity contribution < 1.29 is 4.79 Å². The van der Waals surface area contributed by atoms with Crippen LogP contribution in [0.15, 0.2) is 11.2 Å². The van der Waals surface area contributed by atoms with Crippen LogP contribution in [-0.2, 0) is 4.79 Å². The fourth-order valence-electron chi connectivity index (χ4n) is 3.46. The molecule has 24 heavy (non-hydrogen) atoms. The van der Waals surface area contributed by atoms with E-state index < -0.39 is 0 Å². The molecule has 1 N–H and O–H groups in total. The molecule has 1 aliphatic rings. The molecule has 3 atom stereocenters. The molecule has 0 bridgehead atoms. The van der Waals surface area contributed by atoms with Crippen LogP contribution in [0, 0.1) is 25.7 Å². The van der Waals surface area contributed by atoms with Gasteiger partial charge in [0.1, 0.15) is 0 Å². The maximum atomic E-state index is 12.3. The van der Waals surface area contributed by atoms with Gasteiger partial charge in [0.05, 0.1) is 5.75 Å². The molecule has 3 rings (SSSR count). The number of thioether (sulfide) groups is 1. The third-order valence-corrected chi connectivity index (χ3v) is 5.98. The Bertz CT molecular complexity index is 744. The zero-order valence-electron chi connectivity index (χ0n) is 14.7. The smallest absolute Gasteiger partial charge is 0.256 e. The van der Waals surface area contributed by atoms with E-state index >= 15 is 0 Å². The number of carbonyl (C=O) groups is 1. The second kappa shape index (κ2) is 7.09. The van der Waals surface area contributed by atoms with E-state index in [-0.39, 0.29) is 5.91 Å². The topological polar surface area (TPSA) is 72.2 Å². The minimum absolute atomic E-state index is 0.0698. The van der Waals surface area contributed by atoms with Gasteiger partial charge in [-0.25, -0.2) is 4.98 Å². The number of rotatable bonds is 4. The van der Waals surface area contributed by atoms with E-state index in [0.29, 0.717) is 29.4 Å². The second-order valence-electron chi connectivity index (χ2n) is 6.89. The fourth-order valence-corrected chi connectivity index (χ4v) is 4.25. The van der Waals surface area contributed by atoms with Crippen LogP contribution in [0.2, 0.25) is 0 Å². The second-order valence-corrected chi connectivity index (χ2v) is 7.83. The SMILES string of the molecule is Cc1cc(C)n2c(SCC(=O)N[C@@H]3CCC[C@@H](C)[C@H]3C)nnc2n1. The van der Waals surface area contributed by atoms with Gasteiger partial charge in [-0.15, -0.1) is 10.2 Å². The first-order chi connectivity index (χ1) is 11.5. The molecule has 2 aromatic heterocycles. The van der Waals surface area contributed by atoms with E-state index in [1.165, 1.54) is 24.6 Å². The molecule has 2 heterocycles. The number of aromatic nitrogens is 4. The molecular weight excluding hydrogens is 322 g/mol. The Labute approximate surface area is 146 Å². The third kappa shape index (κ3) is 3.55. The summed E-state index contributed by atoms with van der Waals surface area (Å²) >= 11 is 1.41. The number of fused-ring (bicyclic) bond motifs is 1. The lowest BCUT2D eigenvalue weighted by atomic mass is 9.78. The summed E-state index contributed by atoms with van der Waals surface area (Å²) in [5, 5.41) is 12.2. The maximum Gasteiger partial charge on any atom is 0.256 e. The Balaban J connectivity index is 1.62. The summed E-state index contributed by atoms with van der Waals surface area (Å²) in [6.45, 7) is 8.46. The standard InChI is InChI=1S/C17H25N5OS/c1-10-6-5-7-14(13(10)4)19-15(23)9-24-17-21-20-16-18-11(2)8-12(3)22(16)17/h8,10,13-14H,5-7,9H2,1-4H3,(H,19,23)/t10-,13-,14-/m1/s1. The molecule has 0 unspecified atom stereocenters. The maximum absolute atomic E-state index is 12.3. The third-order valence-electron chi connectivity index (χ3n) is 5.05. The Kier molecular flexibility index (Phi) is 5.08. The van der Waals surface area contributed by atoms with Gasteiger partial charge in [-0.3, -0.25) is 9.20 Å². The van der Waals surface area contributed by atoms with E-state index in [4.69, 9.17) is 0 Å². The average molecular weight is 347 g/mol.